The predicted molar refractivity (Wildman–Crippen MR) is 94.1 cm³/mol. The van der Waals surface area contributed by atoms with Crippen molar-refractivity contribution in [3.05, 3.63) is 60.4 Å². The smallest absolute Gasteiger partial charge is 0.245 e. The highest BCUT2D eigenvalue weighted by molar-refractivity contribution is 5.81. The number of aromatic amines is 1. The molecule has 1 aromatic heterocycles. The minimum Gasteiger partial charge on any atom is -0.493 e. The maximum absolute atomic E-state index is 5.72. The minimum atomic E-state index is 0.413. The Bertz CT molecular complexity index is 819. The molecule has 0 fully saturated rings. The first-order valence-corrected chi connectivity index (χ1v) is 7.73. The first-order valence-electron chi connectivity index (χ1n) is 7.73. The van der Waals surface area contributed by atoms with Gasteiger partial charge in [0.1, 0.15) is 25.3 Å². The number of ether oxygens (including phenoxy) is 3. The number of nitrogens with zero attached hydrogens (tertiary/aromatic N) is 3. The molecule has 0 aliphatic heterocycles. The van der Waals surface area contributed by atoms with E-state index in [0.29, 0.717) is 30.7 Å². The zero-order valence-electron chi connectivity index (χ0n) is 13.8. The lowest BCUT2D eigenvalue weighted by Gasteiger charge is -2.11. The summed E-state index contributed by atoms with van der Waals surface area (Å²) in [7, 11) is 1.62. The Labute approximate surface area is 145 Å². The quantitative estimate of drug-likeness (QED) is 0.504. The number of para-hydroxylation sites is 2. The van der Waals surface area contributed by atoms with Crippen LogP contribution in [0.2, 0.25) is 0 Å². The van der Waals surface area contributed by atoms with Gasteiger partial charge in [-0.2, -0.15) is 10.1 Å². The van der Waals surface area contributed by atoms with Gasteiger partial charge >= 0.3 is 0 Å². The summed E-state index contributed by atoms with van der Waals surface area (Å²) < 4.78 is 16.6. The Hall–Kier alpha value is -3.35. The molecule has 0 bridgehead atoms. The Morgan fingerprint density at radius 3 is 2.68 bits per heavy atom. The summed E-state index contributed by atoms with van der Waals surface area (Å²) in [5, 5.41) is 6.41. The molecule has 0 saturated heterocycles. The second-order valence-corrected chi connectivity index (χ2v) is 4.99. The monoisotopic (exact) mass is 338 g/mol. The van der Waals surface area contributed by atoms with Crippen molar-refractivity contribution in [2.75, 3.05) is 20.3 Å². The number of methoxy groups -OCH3 is 1. The summed E-state index contributed by atoms with van der Waals surface area (Å²) in [6.07, 6.45) is 3.10. The lowest BCUT2D eigenvalue weighted by Crippen LogP contribution is -2.09. The highest BCUT2D eigenvalue weighted by atomic mass is 16.5. The van der Waals surface area contributed by atoms with Gasteiger partial charge in [-0.15, -0.1) is 0 Å². The number of nitrogens with one attached hydrogen (secondary N) is 1. The molecular weight excluding hydrogens is 320 g/mol. The fourth-order valence-electron chi connectivity index (χ4n) is 2.13. The molecule has 3 rings (SSSR count). The van der Waals surface area contributed by atoms with Gasteiger partial charge in [-0.1, -0.05) is 24.3 Å². The van der Waals surface area contributed by atoms with E-state index in [0.717, 1.165) is 11.3 Å². The zero-order valence-corrected chi connectivity index (χ0v) is 13.8. The average Bonchev–Trinajstić information content (AvgIpc) is 3.18. The standard InChI is InChI=1S/C18H18N4O3/c1-23-16-7-2-3-8-17(16)25-10-9-24-15-6-4-5-14(11-15)12-19-18-20-13-21-22-18/h2-8,11-13H,9-10H2,1H3,(H,20,21,22)/b19-12+. The van der Waals surface area contributed by atoms with Crippen LogP contribution in [-0.2, 0) is 0 Å². The zero-order chi connectivity index (χ0) is 17.3. The molecule has 0 aliphatic rings. The van der Waals surface area contributed by atoms with Crippen molar-refractivity contribution in [1.29, 1.82) is 0 Å². The third-order valence-corrected chi connectivity index (χ3v) is 3.28. The van der Waals surface area contributed by atoms with Gasteiger partial charge in [-0.3, -0.25) is 0 Å². The summed E-state index contributed by atoms with van der Waals surface area (Å²) >= 11 is 0. The maximum Gasteiger partial charge on any atom is 0.245 e. The maximum atomic E-state index is 5.72. The van der Waals surface area contributed by atoms with Gasteiger partial charge in [0.15, 0.2) is 11.5 Å². The van der Waals surface area contributed by atoms with Gasteiger partial charge in [0, 0.05) is 6.21 Å². The van der Waals surface area contributed by atoms with E-state index in [1.165, 1.54) is 6.33 Å². The average molecular weight is 338 g/mol. The van der Waals surface area contributed by atoms with Gasteiger partial charge in [0.2, 0.25) is 5.95 Å². The molecule has 0 unspecified atom stereocenters. The minimum absolute atomic E-state index is 0.413. The van der Waals surface area contributed by atoms with Gasteiger partial charge < -0.3 is 14.2 Å². The number of benzene rings is 2. The third kappa shape index (κ3) is 4.81. The molecule has 0 amide bonds. The highest BCUT2D eigenvalue weighted by Crippen LogP contribution is 2.25. The first-order chi connectivity index (χ1) is 12.3. The van der Waals surface area contributed by atoms with Crippen molar-refractivity contribution in [3.8, 4) is 17.2 Å². The first kappa shape index (κ1) is 16.5. The molecule has 0 spiro atoms. The van der Waals surface area contributed by atoms with Crippen LogP contribution in [0.1, 0.15) is 5.56 Å². The van der Waals surface area contributed by atoms with Crippen molar-refractivity contribution in [3.63, 3.8) is 0 Å². The topological polar surface area (TPSA) is 81.6 Å². The highest BCUT2D eigenvalue weighted by Gasteiger charge is 2.02. The Morgan fingerprint density at radius 1 is 1.04 bits per heavy atom. The van der Waals surface area contributed by atoms with Crippen molar-refractivity contribution >= 4 is 12.2 Å². The molecule has 7 nitrogen and oxygen atoms in total. The Morgan fingerprint density at radius 2 is 1.88 bits per heavy atom. The van der Waals surface area contributed by atoms with Crippen LogP contribution in [0, 0.1) is 0 Å². The van der Waals surface area contributed by atoms with Gasteiger partial charge in [-0.05, 0) is 29.8 Å². The van der Waals surface area contributed by atoms with E-state index >= 15 is 0 Å². The van der Waals surface area contributed by atoms with Crippen LogP contribution in [0.4, 0.5) is 5.95 Å². The van der Waals surface area contributed by atoms with Crippen LogP contribution in [0.3, 0.4) is 0 Å². The molecular formula is C18H18N4O3. The van der Waals surface area contributed by atoms with E-state index in [4.69, 9.17) is 14.2 Å². The van der Waals surface area contributed by atoms with E-state index in [1.54, 1.807) is 13.3 Å². The molecule has 2 aromatic carbocycles. The second kappa shape index (κ2) is 8.49. The number of hydrogen-bond donors (Lipinski definition) is 1. The fourth-order valence-corrected chi connectivity index (χ4v) is 2.13. The van der Waals surface area contributed by atoms with Gasteiger partial charge in [0.05, 0.1) is 7.11 Å². The summed E-state index contributed by atoms with van der Waals surface area (Å²) in [4.78, 5) is 8.12. The van der Waals surface area contributed by atoms with Crippen LogP contribution in [0.25, 0.3) is 0 Å². The summed E-state index contributed by atoms with van der Waals surface area (Å²) in [6.45, 7) is 0.831. The molecule has 1 N–H and O–H groups in total. The van der Waals surface area contributed by atoms with Crippen LogP contribution >= 0.6 is 0 Å². The summed E-state index contributed by atoms with van der Waals surface area (Å²) in [5.74, 6) is 2.59. The molecule has 0 radical (unpaired) electrons. The lowest BCUT2D eigenvalue weighted by molar-refractivity contribution is 0.211. The molecule has 0 atom stereocenters. The third-order valence-electron chi connectivity index (χ3n) is 3.28. The van der Waals surface area contributed by atoms with E-state index < -0.39 is 0 Å². The van der Waals surface area contributed by atoms with Gasteiger partial charge in [-0.25, -0.2) is 10.1 Å². The molecule has 0 aliphatic carbocycles. The molecule has 3 aromatic rings. The predicted octanol–water partition coefficient (Wildman–Crippen LogP) is 3.02. The SMILES string of the molecule is COc1ccccc1OCCOc1cccc(/C=N/c2ncn[nH]2)c1. The lowest BCUT2D eigenvalue weighted by atomic mass is 10.2. The molecule has 1 heterocycles. The van der Waals surface area contributed by atoms with Crippen molar-refractivity contribution in [1.82, 2.24) is 15.2 Å². The number of hydrogen-bond acceptors (Lipinski definition) is 6. The number of aliphatic imine (C=N–C) groups is 1. The van der Waals surface area contributed by atoms with Crippen LogP contribution < -0.4 is 14.2 Å². The molecule has 25 heavy (non-hydrogen) atoms. The molecule has 7 heteroatoms. The van der Waals surface area contributed by atoms with Crippen LogP contribution in [-0.4, -0.2) is 41.7 Å². The number of rotatable bonds is 8. The van der Waals surface area contributed by atoms with E-state index in [9.17, 15) is 0 Å². The van der Waals surface area contributed by atoms with E-state index in [-0.39, 0.29) is 0 Å². The van der Waals surface area contributed by atoms with Crippen LogP contribution in [0.15, 0.2) is 59.9 Å². The summed E-state index contributed by atoms with van der Waals surface area (Å²) in [6, 6.07) is 15.1. The van der Waals surface area contributed by atoms with E-state index in [1.807, 2.05) is 48.5 Å². The number of aromatic nitrogens is 3. The van der Waals surface area contributed by atoms with Crippen molar-refractivity contribution in [2.24, 2.45) is 4.99 Å². The Kier molecular flexibility index (Phi) is 5.60. The fraction of sp³-hybridized carbons (Fsp3) is 0.167. The second-order valence-electron chi connectivity index (χ2n) is 4.99. The summed E-state index contributed by atoms with van der Waals surface area (Å²) in [5.41, 5.74) is 0.902. The molecule has 128 valence electrons. The largest absolute Gasteiger partial charge is 0.493 e. The van der Waals surface area contributed by atoms with Crippen molar-refractivity contribution in [2.45, 2.75) is 0 Å². The number of H-pyrrole nitrogens is 1. The van der Waals surface area contributed by atoms with E-state index in [2.05, 4.69) is 20.2 Å². The Balaban J connectivity index is 1.51. The van der Waals surface area contributed by atoms with Crippen LogP contribution in [0.5, 0.6) is 17.2 Å². The van der Waals surface area contributed by atoms with Crippen molar-refractivity contribution < 1.29 is 14.2 Å². The van der Waals surface area contributed by atoms with Gasteiger partial charge in [0.25, 0.3) is 0 Å². The molecule has 0 saturated carbocycles. The normalized spacial score (nSPS) is 10.8.